The molecule has 2 aromatic heterocycles. The Morgan fingerprint density at radius 3 is 2.83 bits per heavy atom. The Kier molecular flexibility index (Phi) is 5.40. The molecule has 11 heteroatoms. The number of fused-ring (bicyclic) bond motifs is 1. The van der Waals surface area contributed by atoms with E-state index in [9.17, 15) is 15.3 Å². The number of hydrogen-bond donors (Lipinski definition) is 4. The maximum atomic E-state index is 10.3. The molecule has 5 N–H and O–H groups in total. The number of rotatable bonds is 5. The molecule has 29 heavy (non-hydrogen) atoms. The first-order chi connectivity index (χ1) is 13.9. The lowest BCUT2D eigenvalue weighted by Gasteiger charge is -2.16. The monoisotopic (exact) mass is 466 g/mol. The number of nitrogens with two attached hydrogens (primary N) is 1. The fourth-order valence-electron chi connectivity index (χ4n) is 3.33. The number of imidazole rings is 1. The minimum absolute atomic E-state index is 0.217. The van der Waals surface area contributed by atoms with E-state index in [1.165, 1.54) is 15.6 Å². The summed E-state index contributed by atoms with van der Waals surface area (Å²) >= 11 is 3.32. The topological polar surface area (TPSA) is 140 Å². The molecule has 3 aromatic rings. The summed E-state index contributed by atoms with van der Waals surface area (Å²) in [6.45, 7) is 1.86. The van der Waals surface area contributed by atoms with Gasteiger partial charge in [-0.2, -0.15) is 0 Å². The van der Waals surface area contributed by atoms with Crippen LogP contribution >= 0.6 is 15.9 Å². The van der Waals surface area contributed by atoms with Crippen LogP contribution in [0.2, 0.25) is 0 Å². The highest BCUT2D eigenvalue weighted by Crippen LogP contribution is 2.34. The molecule has 0 aliphatic carbocycles. The van der Waals surface area contributed by atoms with Crippen LogP contribution in [0, 0.1) is 6.92 Å². The van der Waals surface area contributed by atoms with Crippen molar-refractivity contribution in [3.63, 3.8) is 0 Å². The summed E-state index contributed by atoms with van der Waals surface area (Å²) in [5.41, 5.74) is 8.99. The lowest BCUT2D eigenvalue weighted by molar-refractivity contribution is -0.885. The highest BCUT2D eigenvalue weighted by molar-refractivity contribution is 9.10. The van der Waals surface area contributed by atoms with Crippen molar-refractivity contribution in [2.24, 2.45) is 0 Å². The summed E-state index contributed by atoms with van der Waals surface area (Å²) < 4.78 is 8.68. The normalized spacial score (nSPS) is 24.3. The smallest absolute Gasteiger partial charge is 0.289 e. The zero-order valence-corrected chi connectivity index (χ0v) is 17.1. The van der Waals surface area contributed by atoms with E-state index in [1.807, 2.05) is 31.2 Å². The average Bonchev–Trinajstić information content (AvgIpc) is 3.18. The third kappa shape index (κ3) is 3.55. The number of aryl methyl sites for hydroxylation is 1. The van der Waals surface area contributed by atoms with Crippen LogP contribution in [-0.2, 0) is 11.3 Å². The van der Waals surface area contributed by atoms with Crippen molar-refractivity contribution in [3.8, 4) is 0 Å². The molecule has 4 atom stereocenters. The Labute approximate surface area is 174 Å². The lowest BCUT2D eigenvalue weighted by atomic mass is 10.1. The second-order valence-electron chi connectivity index (χ2n) is 6.87. The van der Waals surface area contributed by atoms with Crippen LogP contribution in [0.15, 0.2) is 35.3 Å². The molecule has 1 fully saturated rings. The maximum absolute atomic E-state index is 10.3. The second-order valence-corrected chi connectivity index (χ2v) is 7.58. The van der Waals surface area contributed by atoms with Gasteiger partial charge in [0.1, 0.15) is 18.3 Å². The first-order valence-electron chi connectivity index (χ1n) is 8.95. The third-order valence-corrected chi connectivity index (χ3v) is 5.39. The van der Waals surface area contributed by atoms with Gasteiger partial charge >= 0.3 is 0 Å². The van der Waals surface area contributed by atoms with E-state index in [0.29, 0.717) is 22.5 Å². The summed E-state index contributed by atoms with van der Waals surface area (Å²) in [4.78, 5) is 14.4. The summed E-state index contributed by atoms with van der Waals surface area (Å²) in [5, 5.41) is 29.7. The first kappa shape index (κ1) is 20.0. The zero-order chi connectivity index (χ0) is 20.7. The van der Waals surface area contributed by atoms with Gasteiger partial charge in [0.25, 0.3) is 12.1 Å². The van der Waals surface area contributed by atoms with E-state index in [4.69, 9.17) is 15.3 Å². The summed E-state index contributed by atoms with van der Waals surface area (Å²) in [6.07, 6.45) is -3.01. The molecular weight excluding hydrogens is 446 g/mol. The molecular formula is C18H21BrN5O5+. The molecule has 154 valence electrons. The van der Waals surface area contributed by atoms with Gasteiger partial charge in [-0.1, -0.05) is 39.5 Å². The van der Waals surface area contributed by atoms with Crippen LogP contribution in [0.5, 0.6) is 0 Å². The molecule has 0 radical (unpaired) electrons. The van der Waals surface area contributed by atoms with Gasteiger partial charge in [-0.25, -0.2) is 4.98 Å². The van der Waals surface area contributed by atoms with Gasteiger partial charge in [0, 0.05) is 0 Å². The third-order valence-electron chi connectivity index (χ3n) is 4.83. The number of anilines is 1. The number of aliphatic hydroxyl groups is 3. The molecule has 0 spiro atoms. The quantitative estimate of drug-likeness (QED) is 0.294. The van der Waals surface area contributed by atoms with Crippen molar-refractivity contribution in [1.29, 1.82) is 0 Å². The Morgan fingerprint density at radius 2 is 2.14 bits per heavy atom. The molecule has 10 nitrogen and oxygen atoms in total. The maximum Gasteiger partial charge on any atom is 0.289 e. The highest BCUT2D eigenvalue weighted by Gasteiger charge is 2.45. The van der Waals surface area contributed by atoms with Gasteiger partial charge < -0.3 is 30.6 Å². The molecule has 3 heterocycles. The number of nitrogens with zero attached hydrogens (tertiary/aromatic N) is 4. The van der Waals surface area contributed by atoms with Crippen LogP contribution in [0.25, 0.3) is 11.2 Å². The molecule has 0 bridgehead atoms. The number of aliphatic hydroxyl groups excluding tert-OH is 3. The highest BCUT2D eigenvalue weighted by atomic mass is 79.9. The summed E-state index contributed by atoms with van der Waals surface area (Å²) in [7, 11) is 0. The van der Waals surface area contributed by atoms with E-state index in [2.05, 4.69) is 25.9 Å². The Hall–Kier alpha value is -2.31. The van der Waals surface area contributed by atoms with Gasteiger partial charge in [-0.05, 0) is 28.4 Å². The Morgan fingerprint density at radius 1 is 1.34 bits per heavy atom. The van der Waals surface area contributed by atoms with Crippen molar-refractivity contribution >= 4 is 32.9 Å². The summed E-state index contributed by atoms with van der Waals surface area (Å²) in [5.74, 6) is 0.217. The van der Waals surface area contributed by atoms with Gasteiger partial charge in [-0.3, -0.25) is 4.57 Å². The van der Waals surface area contributed by atoms with E-state index in [0.717, 1.165) is 11.1 Å². The predicted molar refractivity (Wildman–Crippen MR) is 104 cm³/mol. The van der Waals surface area contributed by atoms with Crippen LogP contribution in [-0.4, -0.2) is 54.8 Å². The SMILES string of the molecule is Cc1cccc(CO[n+]2cnc3c(nc(Br)n3[C@@H]3O[C@H](CO)[C@@H](O)[C@H]3O)c2N)c1. The Bertz CT molecular complexity index is 1040. The van der Waals surface area contributed by atoms with Crippen molar-refractivity contribution in [2.75, 3.05) is 12.3 Å². The lowest BCUT2D eigenvalue weighted by Crippen LogP contribution is -2.45. The fraction of sp³-hybridized carbons (Fsp3) is 0.389. The minimum Gasteiger partial charge on any atom is -0.394 e. The fourth-order valence-corrected chi connectivity index (χ4v) is 3.88. The first-order valence-corrected chi connectivity index (χ1v) is 9.75. The molecule has 0 saturated carbocycles. The molecule has 1 aliphatic heterocycles. The van der Waals surface area contributed by atoms with Gasteiger partial charge in [0.15, 0.2) is 17.6 Å². The van der Waals surface area contributed by atoms with E-state index in [-0.39, 0.29) is 5.82 Å². The van der Waals surface area contributed by atoms with E-state index in [1.54, 1.807) is 0 Å². The van der Waals surface area contributed by atoms with Crippen molar-refractivity contribution in [1.82, 2.24) is 14.5 Å². The molecule has 4 rings (SSSR count). The number of aromatic nitrogens is 4. The van der Waals surface area contributed by atoms with Crippen molar-refractivity contribution in [2.45, 2.75) is 38.1 Å². The van der Waals surface area contributed by atoms with Crippen LogP contribution in [0.4, 0.5) is 5.82 Å². The van der Waals surface area contributed by atoms with Crippen LogP contribution < -0.4 is 15.3 Å². The number of halogens is 1. The number of ether oxygens (including phenoxy) is 1. The van der Waals surface area contributed by atoms with Gasteiger partial charge in [-0.15, -0.1) is 0 Å². The van der Waals surface area contributed by atoms with Crippen LogP contribution in [0.3, 0.4) is 0 Å². The number of hydrogen-bond acceptors (Lipinski definition) is 8. The molecule has 1 aliphatic rings. The van der Waals surface area contributed by atoms with Gasteiger partial charge in [0.2, 0.25) is 11.2 Å². The second kappa shape index (κ2) is 7.84. The Balaban J connectivity index is 1.64. The largest absolute Gasteiger partial charge is 0.394 e. The molecule has 1 aromatic carbocycles. The van der Waals surface area contributed by atoms with Crippen molar-refractivity contribution < 1.29 is 29.6 Å². The number of benzene rings is 1. The molecule has 0 amide bonds. The summed E-state index contributed by atoms with van der Waals surface area (Å²) in [6, 6.07) is 7.91. The van der Waals surface area contributed by atoms with Crippen LogP contribution in [0.1, 0.15) is 17.4 Å². The predicted octanol–water partition coefficient (Wildman–Crippen LogP) is -0.388. The number of nitrogen functional groups attached to an aromatic ring is 1. The van der Waals surface area contributed by atoms with Gasteiger partial charge in [0.05, 0.1) is 6.61 Å². The standard InChI is InChI=1S/C18H20BrN5O5/c1-9-3-2-4-10(5-9)7-28-23-8-21-16-12(15(23)20)22-18(19)24(16)17-14(27)13(26)11(6-25)29-17/h2-5,8,11,13-14,17,20,25-27H,6-7H2,1H3/p+1/t11-,13-,14-,17-/m1/s1. The average molecular weight is 467 g/mol. The van der Waals surface area contributed by atoms with E-state index < -0.39 is 31.1 Å². The zero-order valence-electron chi connectivity index (χ0n) is 15.5. The minimum atomic E-state index is -1.27. The molecule has 1 saturated heterocycles. The van der Waals surface area contributed by atoms with E-state index >= 15 is 0 Å². The van der Waals surface area contributed by atoms with Crippen molar-refractivity contribution in [3.05, 3.63) is 46.5 Å². The molecule has 0 unspecified atom stereocenters.